The van der Waals surface area contributed by atoms with Gasteiger partial charge >= 0.3 is 0 Å². The molecule has 1 aromatic heterocycles. The molecule has 0 spiro atoms. The Labute approximate surface area is 156 Å². The summed E-state index contributed by atoms with van der Waals surface area (Å²) in [5.74, 6) is 1.43. The van der Waals surface area contributed by atoms with E-state index in [0.717, 1.165) is 22.0 Å². The maximum atomic E-state index is 12.7. The maximum absolute atomic E-state index is 12.7. The topological polar surface area (TPSA) is 50.1 Å². The SMILES string of the molecule is COc1ccc(C2CC2C(=O)C/C(SC)=C(\C#N)c2cccs2)cc1. The molecule has 2 unspecified atom stereocenters. The summed E-state index contributed by atoms with van der Waals surface area (Å²) in [6.07, 6.45) is 3.18. The van der Waals surface area contributed by atoms with Gasteiger partial charge in [0.2, 0.25) is 0 Å². The first-order chi connectivity index (χ1) is 12.2. The maximum Gasteiger partial charge on any atom is 0.141 e. The molecule has 1 aliphatic rings. The van der Waals surface area contributed by atoms with Crippen LogP contribution in [-0.4, -0.2) is 19.1 Å². The molecule has 0 saturated heterocycles. The van der Waals surface area contributed by atoms with Crippen LogP contribution in [0.2, 0.25) is 0 Å². The number of ether oxygens (including phenoxy) is 1. The number of thiophene rings is 1. The zero-order valence-electron chi connectivity index (χ0n) is 14.2. The third-order valence-corrected chi connectivity index (χ3v) is 6.22. The highest BCUT2D eigenvalue weighted by Crippen LogP contribution is 2.49. The van der Waals surface area contributed by atoms with Crippen LogP contribution in [0, 0.1) is 17.2 Å². The third-order valence-electron chi connectivity index (χ3n) is 4.49. The molecule has 1 aliphatic carbocycles. The fourth-order valence-corrected chi connectivity index (χ4v) is 4.46. The van der Waals surface area contributed by atoms with Crippen LogP contribution in [0.25, 0.3) is 5.57 Å². The minimum Gasteiger partial charge on any atom is -0.497 e. The lowest BCUT2D eigenvalue weighted by Gasteiger charge is -2.07. The summed E-state index contributed by atoms with van der Waals surface area (Å²) in [6.45, 7) is 0. The molecule has 3 rings (SSSR count). The van der Waals surface area contributed by atoms with E-state index < -0.39 is 0 Å². The smallest absolute Gasteiger partial charge is 0.141 e. The molecule has 2 aromatic rings. The highest BCUT2D eigenvalue weighted by atomic mass is 32.2. The van der Waals surface area contributed by atoms with Crippen molar-refractivity contribution in [1.82, 2.24) is 0 Å². The Morgan fingerprint density at radius 3 is 2.68 bits per heavy atom. The predicted octanol–water partition coefficient (Wildman–Crippen LogP) is 5.12. The van der Waals surface area contributed by atoms with Gasteiger partial charge in [-0.2, -0.15) is 5.26 Å². The Bertz CT molecular complexity index is 816. The monoisotopic (exact) mass is 369 g/mol. The number of carbonyl (C=O) groups is 1. The molecule has 1 fully saturated rings. The first-order valence-electron chi connectivity index (χ1n) is 8.05. The molecule has 0 radical (unpaired) electrons. The molecule has 5 heteroatoms. The zero-order valence-corrected chi connectivity index (χ0v) is 15.8. The summed E-state index contributed by atoms with van der Waals surface area (Å²) in [5, 5.41) is 11.5. The van der Waals surface area contributed by atoms with Crippen LogP contribution in [0.1, 0.15) is 29.2 Å². The normalized spacial score (nSPS) is 19.7. The molecular formula is C20H19NO2S2. The fraction of sp³-hybridized carbons (Fsp3) is 0.300. The summed E-state index contributed by atoms with van der Waals surface area (Å²) < 4.78 is 5.18. The highest BCUT2D eigenvalue weighted by Gasteiger charge is 2.43. The minimum atomic E-state index is 0.0684. The summed E-state index contributed by atoms with van der Waals surface area (Å²) in [5.41, 5.74) is 1.82. The number of rotatable bonds is 7. The lowest BCUT2D eigenvalue weighted by molar-refractivity contribution is -0.119. The first-order valence-corrected chi connectivity index (χ1v) is 10.2. The molecule has 1 saturated carbocycles. The largest absolute Gasteiger partial charge is 0.497 e. The number of thioether (sulfide) groups is 1. The van der Waals surface area contributed by atoms with Gasteiger partial charge in [0.05, 0.1) is 12.7 Å². The number of carbonyl (C=O) groups excluding carboxylic acids is 1. The van der Waals surface area contributed by atoms with Gasteiger partial charge in [-0.25, -0.2) is 0 Å². The van der Waals surface area contributed by atoms with Crippen LogP contribution in [0.15, 0.2) is 46.7 Å². The Morgan fingerprint density at radius 1 is 1.36 bits per heavy atom. The van der Waals surface area contributed by atoms with Crippen molar-refractivity contribution in [2.75, 3.05) is 13.4 Å². The van der Waals surface area contributed by atoms with E-state index in [-0.39, 0.29) is 11.7 Å². The number of hydrogen-bond donors (Lipinski definition) is 0. The Kier molecular flexibility index (Phi) is 5.62. The molecule has 0 amide bonds. The molecule has 128 valence electrons. The van der Waals surface area contributed by atoms with Crippen molar-refractivity contribution in [3.8, 4) is 11.8 Å². The van der Waals surface area contributed by atoms with E-state index >= 15 is 0 Å². The first kappa shape index (κ1) is 17.8. The molecular weight excluding hydrogens is 350 g/mol. The van der Waals surface area contributed by atoms with Crippen LogP contribution in [0.5, 0.6) is 5.75 Å². The number of allylic oxidation sites excluding steroid dienone is 2. The van der Waals surface area contributed by atoms with Gasteiger partial charge in [-0.05, 0) is 47.7 Å². The van der Waals surface area contributed by atoms with E-state index in [1.54, 1.807) is 7.11 Å². The summed E-state index contributed by atoms with van der Waals surface area (Å²) in [7, 11) is 1.65. The van der Waals surface area contributed by atoms with E-state index in [0.29, 0.717) is 17.9 Å². The Hall–Kier alpha value is -2.03. The predicted molar refractivity (Wildman–Crippen MR) is 104 cm³/mol. The molecule has 25 heavy (non-hydrogen) atoms. The van der Waals surface area contributed by atoms with Gasteiger partial charge in [0, 0.05) is 22.1 Å². The average Bonchev–Trinajstić information content (AvgIpc) is 3.28. The zero-order chi connectivity index (χ0) is 17.8. The van der Waals surface area contributed by atoms with Crippen molar-refractivity contribution in [1.29, 1.82) is 5.26 Å². The number of Topliss-reactive ketones (excluding diaryl/α,β-unsaturated/α-hetero) is 1. The Balaban J connectivity index is 1.70. The van der Waals surface area contributed by atoms with Gasteiger partial charge in [0.25, 0.3) is 0 Å². The fourth-order valence-electron chi connectivity index (χ4n) is 3.00. The molecule has 0 bridgehead atoms. The molecule has 0 aliphatic heterocycles. The van der Waals surface area contributed by atoms with Crippen molar-refractivity contribution in [3.05, 3.63) is 57.1 Å². The number of benzene rings is 1. The van der Waals surface area contributed by atoms with Crippen molar-refractivity contribution >= 4 is 34.5 Å². The van der Waals surface area contributed by atoms with Gasteiger partial charge in [-0.15, -0.1) is 23.1 Å². The number of hydrogen-bond acceptors (Lipinski definition) is 5. The lowest BCUT2D eigenvalue weighted by Crippen LogP contribution is -2.04. The van der Waals surface area contributed by atoms with Crippen molar-refractivity contribution in [2.45, 2.75) is 18.8 Å². The molecule has 1 aromatic carbocycles. The summed E-state index contributed by atoms with van der Waals surface area (Å²) >= 11 is 3.04. The van der Waals surface area contributed by atoms with Crippen molar-refractivity contribution in [3.63, 3.8) is 0 Å². The second-order valence-electron chi connectivity index (χ2n) is 5.96. The number of methoxy groups -OCH3 is 1. The third kappa shape index (κ3) is 3.97. The Morgan fingerprint density at radius 2 is 2.12 bits per heavy atom. The summed E-state index contributed by atoms with van der Waals surface area (Å²) in [6, 6.07) is 14.1. The van der Waals surface area contributed by atoms with Crippen LogP contribution >= 0.6 is 23.1 Å². The molecule has 0 N–H and O–H groups in total. The number of ketones is 1. The van der Waals surface area contributed by atoms with Crippen LogP contribution in [-0.2, 0) is 4.79 Å². The average molecular weight is 370 g/mol. The second kappa shape index (κ2) is 7.90. The number of nitrogens with zero attached hydrogens (tertiary/aromatic N) is 1. The quantitative estimate of drug-likeness (QED) is 0.636. The van der Waals surface area contributed by atoms with Crippen LogP contribution < -0.4 is 4.74 Å². The lowest BCUT2D eigenvalue weighted by atomic mass is 10.0. The van der Waals surface area contributed by atoms with E-state index in [1.807, 2.05) is 48.0 Å². The van der Waals surface area contributed by atoms with Crippen LogP contribution in [0.4, 0.5) is 0 Å². The minimum absolute atomic E-state index is 0.0684. The summed E-state index contributed by atoms with van der Waals surface area (Å²) in [4.78, 5) is 14.5. The molecule has 2 atom stereocenters. The van der Waals surface area contributed by atoms with E-state index in [1.165, 1.54) is 28.7 Å². The van der Waals surface area contributed by atoms with Gasteiger partial charge < -0.3 is 4.74 Å². The highest BCUT2D eigenvalue weighted by molar-refractivity contribution is 8.02. The van der Waals surface area contributed by atoms with E-state index in [9.17, 15) is 10.1 Å². The van der Waals surface area contributed by atoms with Gasteiger partial charge in [-0.1, -0.05) is 18.2 Å². The van der Waals surface area contributed by atoms with E-state index in [2.05, 4.69) is 6.07 Å². The molecule has 3 nitrogen and oxygen atoms in total. The molecule has 1 heterocycles. The standard InChI is InChI=1S/C20H19NO2S2/c1-23-14-7-5-13(6-8-14)15-10-16(15)18(22)11-20(24-2)17(12-21)19-4-3-9-25-19/h3-9,15-16H,10-11H2,1-2H3/b20-17-. The van der Waals surface area contributed by atoms with Gasteiger partial charge in [-0.3, -0.25) is 4.79 Å². The van der Waals surface area contributed by atoms with Crippen LogP contribution in [0.3, 0.4) is 0 Å². The van der Waals surface area contributed by atoms with Gasteiger partial charge in [0.15, 0.2) is 0 Å². The van der Waals surface area contributed by atoms with Crippen molar-refractivity contribution < 1.29 is 9.53 Å². The van der Waals surface area contributed by atoms with Crippen molar-refractivity contribution in [2.24, 2.45) is 5.92 Å². The van der Waals surface area contributed by atoms with Gasteiger partial charge in [0.1, 0.15) is 17.6 Å². The second-order valence-corrected chi connectivity index (χ2v) is 7.81. The number of nitriles is 1. The van der Waals surface area contributed by atoms with E-state index in [4.69, 9.17) is 4.74 Å².